The van der Waals surface area contributed by atoms with E-state index in [4.69, 9.17) is 9.84 Å². The van der Waals surface area contributed by atoms with Gasteiger partial charge in [-0.1, -0.05) is 68.4 Å². The number of carbonyl (C=O) groups excluding carboxylic acids is 4. The first kappa shape index (κ1) is 30.0. The predicted octanol–water partition coefficient (Wildman–Crippen LogP) is 2.04. The molecule has 11 nitrogen and oxygen atoms in total. The first-order chi connectivity index (χ1) is 17.9. The lowest BCUT2D eigenvalue weighted by molar-refractivity contribution is -0.152. The average Bonchev–Trinajstić information content (AvgIpc) is 2.87. The quantitative estimate of drug-likeness (QED) is 0.141. The van der Waals surface area contributed by atoms with Crippen LogP contribution < -0.4 is 10.6 Å². The van der Waals surface area contributed by atoms with Crippen molar-refractivity contribution in [1.29, 1.82) is 0 Å². The van der Waals surface area contributed by atoms with Gasteiger partial charge in [-0.25, -0.2) is 14.4 Å². The van der Waals surface area contributed by atoms with Gasteiger partial charge in [0.25, 0.3) is 5.66 Å². The van der Waals surface area contributed by atoms with Crippen LogP contribution in [0, 0.1) is 5.92 Å². The number of hydrogen-bond donors (Lipinski definition) is 4. The van der Waals surface area contributed by atoms with E-state index < -0.39 is 48.0 Å². The lowest BCUT2D eigenvalue weighted by atomic mass is 9.95. The van der Waals surface area contributed by atoms with Crippen LogP contribution in [0.4, 0.5) is 4.79 Å². The van der Waals surface area contributed by atoms with E-state index in [1.165, 1.54) is 19.1 Å². The highest BCUT2D eigenvalue weighted by atomic mass is 16.5. The van der Waals surface area contributed by atoms with Crippen molar-refractivity contribution >= 4 is 29.7 Å². The van der Waals surface area contributed by atoms with Crippen LogP contribution >= 0.6 is 0 Å². The number of benzene rings is 2. The van der Waals surface area contributed by atoms with Gasteiger partial charge in [-0.15, -0.1) is 0 Å². The van der Waals surface area contributed by atoms with E-state index in [1.807, 2.05) is 30.3 Å². The number of aliphatic hydroxyl groups is 1. The molecule has 4 N–H and O–H groups in total. The molecule has 0 heterocycles. The molecule has 2 rings (SSSR count). The number of aliphatic hydroxyl groups excluding tert-OH is 1. The fourth-order valence-corrected chi connectivity index (χ4v) is 3.71. The fraction of sp³-hybridized carbons (Fsp3) is 0.370. The van der Waals surface area contributed by atoms with Crippen LogP contribution in [0.25, 0.3) is 11.1 Å². The molecule has 3 amide bonds. The lowest BCUT2D eigenvalue weighted by Gasteiger charge is -2.34. The maximum absolute atomic E-state index is 13.8. The van der Waals surface area contributed by atoms with Gasteiger partial charge in [0.1, 0.15) is 0 Å². The number of ketones is 1. The van der Waals surface area contributed by atoms with E-state index in [0.717, 1.165) is 23.0 Å². The van der Waals surface area contributed by atoms with E-state index in [0.29, 0.717) is 0 Å². The first-order valence-corrected chi connectivity index (χ1v) is 12.1. The lowest BCUT2D eigenvalue weighted by Crippen LogP contribution is -2.72. The summed E-state index contributed by atoms with van der Waals surface area (Å²) in [6.07, 6.45) is -1.92. The molecule has 0 spiro atoms. The van der Waals surface area contributed by atoms with Crippen LogP contribution in [0.2, 0.25) is 0 Å². The van der Waals surface area contributed by atoms with Crippen LogP contribution in [0.5, 0.6) is 0 Å². The SMILES string of the molecule is CCOC(=O)[C@@](NC(C)=O)(NC(=O)N(CC(C)C)CC(O)C(=O)O)C(=O)c1ccc(-c2ccccc2)cc1. The van der Waals surface area contributed by atoms with Gasteiger partial charge in [0, 0.05) is 19.0 Å². The number of carboxylic acids is 1. The zero-order chi connectivity index (χ0) is 28.5. The second-order valence-corrected chi connectivity index (χ2v) is 9.01. The maximum atomic E-state index is 13.8. The largest absolute Gasteiger partial charge is 0.479 e. The van der Waals surface area contributed by atoms with Crippen molar-refractivity contribution in [1.82, 2.24) is 15.5 Å². The predicted molar refractivity (Wildman–Crippen MR) is 138 cm³/mol. The van der Waals surface area contributed by atoms with Crippen LogP contribution in [-0.4, -0.2) is 76.2 Å². The van der Waals surface area contributed by atoms with Crippen LogP contribution in [0.15, 0.2) is 54.6 Å². The highest BCUT2D eigenvalue weighted by molar-refractivity contribution is 6.19. The monoisotopic (exact) mass is 527 g/mol. The van der Waals surface area contributed by atoms with E-state index in [1.54, 1.807) is 26.0 Å². The number of nitrogens with zero attached hydrogens (tertiary/aromatic N) is 1. The molecule has 1 unspecified atom stereocenters. The number of rotatable bonds is 12. The summed E-state index contributed by atoms with van der Waals surface area (Å²) < 4.78 is 5.07. The molecule has 0 saturated heterocycles. The minimum Gasteiger partial charge on any atom is -0.479 e. The molecule has 2 aromatic rings. The molecule has 0 radical (unpaired) electrons. The van der Waals surface area contributed by atoms with Gasteiger partial charge >= 0.3 is 18.0 Å². The van der Waals surface area contributed by atoms with Gasteiger partial charge in [0.2, 0.25) is 11.7 Å². The Morgan fingerprint density at radius 1 is 0.921 bits per heavy atom. The fourth-order valence-electron chi connectivity index (χ4n) is 3.71. The first-order valence-electron chi connectivity index (χ1n) is 12.1. The number of Topliss-reactive ketones (excluding diaryl/α,β-unsaturated/α-hetero) is 1. The molecular weight excluding hydrogens is 494 g/mol. The highest BCUT2D eigenvalue weighted by Crippen LogP contribution is 2.22. The van der Waals surface area contributed by atoms with Gasteiger partial charge in [0.05, 0.1) is 13.2 Å². The normalized spacial score (nSPS) is 13.1. The van der Waals surface area contributed by atoms with Crippen LogP contribution in [0.1, 0.15) is 38.1 Å². The molecule has 0 aliphatic carbocycles. The number of ether oxygens (including phenoxy) is 1. The summed E-state index contributed by atoms with van der Waals surface area (Å²) >= 11 is 0. The minimum atomic E-state index is -2.66. The van der Waals surface area contributed by atoms with Crippen LogP contribution in [0.3, 0.4) is 0 Å². The zero-order valence-electron chi connectivity index (χ0n) is 21.8. The molecule has 0 aliphatic rings. The van der Waals surface area contributed by atoms with Crippen molar-refractivity contribution in [2.24, 2.45) is 5.92 Å². The number of amides is 3. The third kappa shape index (κ3) is 7.62. The van der Waals surface area contributed by atoms with Crippen molar-refractivity contribution < 1.29 is 38.9 Å². The number of aliphatic carboxylic acids is 1. The molecule has 0 aromatic heterocycles. The Balaban J connectivity index is 2.53. The Bertz CT molecular complexity index is 1150. The van der Waals surface area contributed by atoms with Gasteiger partial charge in [-0.05, 0) is 24.0 Å². The Labute approximate surface area is 220 Å². The molecule has 204 valence electrons. The Morgan fingerprint density at radius 2 is 1.50 bits per heavy atom. The molecule has 0 fully saturated rings. The van der Waals surface area contributed by atoms with Gasteiger partial charge in [-0.2, -0.15) is 0 Å². The van der Waals surface area contributed by atoms with Crippen molar-refractivity contribution in [2.75, 3.05) is 19.7 Å². The molecule has 38 heavy (non-hydrogen) atoms. The number of nitrogens with one attached hydrogen (secondary N) is 2. The van der Waals surface area contributed by atoms with Gasteiger partial charge < -0.3 is 25.2 Å². The molecule has 0 saturated carbocycles. The van der Waals surface area contributed by atoms with Crippen molar-refractivity contribution in [2.45, 2.75) is 39.5 Å². The van der Waals surface area contributed by atoms with E-state index in [-0.39, 0.29) is 24.6 Å². The van der Waals surface area contributed by atoms with Crippen molar-refractivity contribution in [3.05, 3.63) is 60.2 Å². The van der Waals surface area contributed by atoms with Gasteiger partial charge in [-0.3, -0.25) is 14.9 Å². The Hall–Kier alpha value is -4.25. The number of carboxylic acid groups (broad SMARTS) is 1. The summed E-state index contributed by atoms with van der Waals surface area (Å²) in [7, 11) is 0. The highest BCUT2D eigenvalue weighted by Gasteiger charge is 2.51. The van der Waals surface area contributed by atoms with Crippen molar-refractivity contribution in [3.63, 3.8) is 0 Å². The second kappa shape index (κ2) is 13.3. The third-order valence-electron chi connectivity index (χ3n) is 5.39. The summed E-state index contributed by atoms with van der Waals surface area (Å²) in [5, 5.41) is 23.5. The average molecular weight is 528 g/mol. The van der Waals surface area contributed by atoms with Gasteiger partial charge in [0.15, 0.2) is 6.10 Å². The summed E-state index contributed by atoms with van der Waals surface area (Å²) in [5.41, 5.74) is -0.984. The number of hydrogen-bond acceptors (Lipinski definition) is 7. The summed E-state index contributed by atoms with van der Waals surface area (Å²) in [6.45, 7) is 5.24. The van der Waals surface area contributed by atoms with E-state index >= 15 is 0 Å². The molecule has 0 aliphatic heterocycles. The maximum Gasteiger partial charge on any atom is 0.361 e. The summed E-state index contributed by atoms with van der Waals surface area (Å²) in [6, 6.07) is 14.5. The number of esters is 1. The van der Waals surface area contributed by atoms with Crippen molar-refractivity contribution in [3.8, 4) is 11.1 Å². The Morgan fingerprint density at radius 3 is 2.00 bits per heavy atom. The summed E-state index contributed by atoms with van der Waals surface area (Å²) in [4.78, 5) is 64.6. The smallest absolute Gasteiger partial charge is 0.361 e. The minimum absolute atomic E-state index is 0.00670. The second-order valence-electron chi connectivity index (χ2n) is 9.01. The molecule has 11 heteroatoms. The number of carbonyl (C=O) groups is 5. The Kier molecular flexibility index (Phi) is 10.5. The molecule has 2 aromatic carbocycles. The number of urea groups is 1. The zero-order valence-corrected chi connectivity index (χ0v) is 21.8. The molecular formula is C27H33N3O8. The van der Waals surface area contributed by atoms with E-state index in [9.17, 15) is 29.1 Å². The topological polar surface area (TPSA) is 162 Å². The molecule has 0 bridgehead atoms. The standard InChI is InChI=1S/C27H33N3O8/c1-5-38-25(36)27(28-18(4)31,29-26(37)30(15-17(2)3)16-22(32)24(34)35)23(33)21-13-11-20(12-14-21)19-9-7-6-8-10-19/h6-14,17,22,32H,5,15-16H2,1-4H3,(H,28,31)(H,29,37)(H,34,35)/t22?,27-/m0/s1. The van der Waals surface area contributed by atoms with E-state index in [2.05, 4.69) is 10.6 Å². The summed E-state index contributed by atoms with van der Waals surface area (Å²) in [5.74, 6) is -4.74. The molecule has 2 atom stereocenters. The third-order valence-corrected chi connectivity index (χ3v) is 5.39. The van der Waals surface area contributed by atoms with Crippen LogP contribution in [-0.2, 0) is 19.1 Å².